The quantitative estimate of drug-likeness (QED) is 0.409. The van der Waals surface area contributed by atoms with E-state index in [2.05, 4.69) is 72.2 Å². The summed E-state index contributed by atoms with van der Waals surface area (Å²) in [7, 11) is 0. The topological polar surface area (TPSA) is 78.4 Å². The number of aryl methyl sites for hydroxylation is 1. The predicted molar refractivity (Wildman–Crippen MR) is 129 cm³/mol. The van der Waals surface area contributed by atoms with Crippen LogP contribution in [-0.2, 0) is 21.4 Å². The predicted octanol–water partition coefficient (Wildman–Crippen LogP) is 4.60. The van der Waals surface area contributed by atoms with Crippen LogP contribution in [-0.4, -0.2) is 30.1 Å². The number of aliphatic carboxylic acids is 1. The molecular formula is C27H32N2O3. The smallest absolute Gasteiger partial charge is 0.322 e. The number of carbonyl (C=O) groups excluding carboxylic acids is 1. The highest BCUT2D eigenvalue weighted by atomic mass is 16.4. The Labute approximate surface area is 189 Å². The molecular weight excluding hydrogens is 400 g/mol. The van der Waals surface area contributed by atoms with Crippen molar-refractivity contribution < 1.29 is 14.7 Å². The van der Waals surface area contributed by atoms with Crippen molar-refractivity contribution in [2.24, 2.45) is 0 Å². The Morgan fingerprint density at radius 1 is 0.969 bits per heavy atom. The zero-order chi connectivity index (χ0) is 23.1. The van der Waals surface area contributed by atoms with Gasteiger partial charge in [0.15, 0.2) is 0 Å². The van der Waals surface area contributed by atoms with Gasteiger partial charge in [0.1, 0.15) is 6.54 Å². The maximum Gasteiger partial charge on any atom is 0.322 e. The molecule has 3 N–H and O–H groups in total. The number of carbonyl (C=O) groups is 2. The molecule has 0 saturated carbocycles. The second kappa shape index (κ2) is 10.4. The summed E-state index contributed by atoms with van der Waals surface area (Å²) < 4.78 is 0. The minimum absolute atomic E-state index is 0.272. The molecule has 1 atom stereocenters. The number of hydrogen-bond acceptors (Lipinski definition) is 3. The van der Waals surface area contributed by atoms with E-state index >= 15 is 0 Å². The van der Waals surface area contributed by atoms with Crippen LogP contribution in [0.2, 0.25) is 0 Å². The van der Waals surface area contributed by atoms with Gasteiger partial charge in [0.25, 0.3) is 0 Å². The lowest BCUT2D eigenvalue weighted by atomic mass is 9.83. The van der Waals surface area contributed by atoms with Gasteiger partial charge < -0.3 is 15.7 Å². The largest absolute Gasteiger partial charge is 0.480 e. The van der Waals surface area contributed by atoms with Gasteiger partial charge in [0.05, 0.1) is 5.41 Å². The summed E-state index contributed by atoms with van der Waals surface area (Å²) in [5.41, 5.74) is 2.61. The molecule has 0 heterocycles. The molecule has 0 saturated heterocycles. The van der Waals surface area contributed by atoms with Gasteiger partial charge in [-0.1, -0.05) is 66.7 Å². The molecule has 168 valence electrons. The van der Waals surface area contributed by atoms with Crippen LogP contribution < -0.4 is 10.6 Å². The van der Waals surface area contributed by atoms with Crippen LogP contribution in [0.3, 0.4) is 0 Å². The number of fused-ring (bicyclic) bond motifs is 1. The molecule has 0 radical (unpaired) electrons. The summed E-state index contributed by atoms with van der Waals surface area (Å²) in [4.78, 5) is 23.0. The summed E-state index contributed by atoms with van der Waals surface area (Å²) >= 11 is 0. The molecule has 0 bridgehead atoms. The molecule has 5 heteroatoms. The minimum atomic E-state index is -1.05. The molecule has 1 unspecified atom stereocenters. The van der Waals surface area contributed by atoms with Crippen LogP contribution in [0.4, 0.5) is 0 Å². The van der Waals surface area contributed by atoms with Crippen molar-refractivity contribution in [2.75, 3.05) is 13.1 Å². The first-order valence-corrected chi connectivity index (χ1v) is 11.1. The third-order valence-corrected chi connectivity index (χ3v) is 6.03. The van der Waals surface area contributed by atoms with Crippen molar-refractivity contribution in [3.05, 3.63) is 83.4 Å². The fourth-order valence-electron chi connectivity index (χ4n) is 3.95. The Morgan fingerprint density at radius 3 is 2.38 bits per heavy atom. The third-order valence-electron chi connectivity index (χ3n) is 6.03. The number of carboxylic acid groups (broad SMARTS) is 1. The van der Waals surface area contributed by atoms with Gasteiger partial charge in [-0.2, -0.15) is 0 Å². The summed E-state index contributed by atoms with van der Waals surface area (Å²) in [6.45, 7) is 6.35. The van der Waals surface area contributed by atoms with Gasteiger partial charge in [-0.3, -0.25) is 9.59 Å². The monoisotopic (exact) mass is 432 g/mol. The first kappa shape index (κ1) is 23.5. The summed E-state index contributed by atoms with van der Waals surface area (Å²) in [5, 5.41) is 17.4. The van der Waals surface area contributed by atoms with Crippen LogP contribution in [0.1, 0.15) is 49.9 Å². The van der Waals surface area contributed by atoms with Crippen molar-refractivity contribution in [3.8, 4) is 0 Å². The van der Waals surface area contributed by atoms with Crippen molar-refractivity contribution in [2.45, 2.75) is 45.1 Å². The molecule has 5 nitrogen and oxygen atoms in total. The molecule has 3 aromatic carbocycles. The fraction of sp³-hybridized carbons (Fsp3) is 0.333. The van der Waals surface area contributed by atoms with Crippen molar-refractivity contribution >= 4 is 22.6 Å². The van der Waals surface area contributed by atoms with Gasteiger partial charge >= 0.3 is 5.97 Å². The maximum absolute atomic E-state index is 12.3. The van der Waals surface area contributed by atoms with Gasteiger partial charge in [-0.25, -0.2) is 0 Å². The van der Waals surface area contributed by atoms with Crippen LogP contribution in [0.25, 0.3) is 10.8 Å². The van der Waals surface area contributed by atoms with E-state index in [-0.39, 0.29) is 18.5 Å². The van der Waals surface area contributed by atoms with Crippen LogP contribution in [0, 0.1) is 0 Å². The van der Waals surface area contributed by atoms with Gasteiger partial charge in [0, 0.05) is 6.04 Å². The fourth-order valence-corrected chi connectivity index (χ4v) is 3.95. The number of rotatable bonds is 10. The number of carboxylic acids is 1. The SMILES string of the molecule is CC(NCCCc1ccc(C(C)(C)C(=O)NCC(=O)O)cc1)c1cccc2ccccc12. The zero-order valence-corrected chi connectivity index (χ0v) is 19.0. The average molecular weight is 433 g/mol. The van der Waals surface area contributed by atoms with Gasteiger partial charge in [-0.15, -0.1) is 0 Å². The molecule has 0 aliphatic heterocycles. The minimum Gasteiger partial charge on any atom is -0.480 e. The highest BCUT2D eigenvalue weighted by molar-refractivity contribution is 5.89. The molecule has 0 aliphatic carbocycles. The first-order chi connectivity index (χ1) is 15.3. The Hall–Kier alpha value is -3.18. The maximum atomic E-state index is 12.3. The van der Waals surface area contributed by atoms with Crippen LogP contribution in [0.5, 0.6) is 0 Å². The van der Waals surface area contributed by atoms with Gasteiger partial charge in [0.2, 0.25) is 5.91 Å². The molecule has 3 aromatic rings. The molecule has 3 rings (SSSR count). The van der Waals surface area contributed by atoms with E-state index in [1.165, 1.54) is 21.9 Å². The summed E-state index contributed by atoms with van der Waals surface area (Å²) in [5.74, 6) is -1.34. The first-order valence-electron chi connectivity index (χ1n) is 11.1. The lowest BCUT2D eigenvalue weighted by Crippen LogP contribution is -2.42. The normalized spacial score (nSPS) is 12.5. The Kier molecular flexibility index (Phi) is 7.65. The van der Waals surface area contributed by atoms with Crippen LogP contribution >= 0.6 is 0 Å². The van der Waals surface area contributed by atoms with Crippen molar-refractivity contribution in [1.29, 1.82) is 0 Å². The Morgan fingerprint density at radius 2 is 1.66 bits per heavy atom. The molecule has 0 fully saturated rings. The zero-order valence-electron chi connectivity index (χ0n) is 19.0. The third kappa shape index (κ3) is 5.74. The molecule has 0 aromatic heterocycles. The molecule has 0 aliphatic rings. The average Bonchev–Trinajstić information content (AvgIpc) is 2.80. The van der Waals surface area contributed by atoms with E-state index in [1.807, 2.05) is 12.1 Å². The van der Waals surface area contributed by atoms with E-state index in [1.54, 1.807) is 13.8 Å². The lowest BCUT2D eigenvalue weighted by Gasteiger charge is -2.24. The number of benzene rings is 3. The number of hydrogen-bond donors (Lipinski definition) is 3. The number of nitrogens with one attached hydrogen (secondary N) is 2. The summed E-state index contributed by atoms with van der Waals surface area (Å²) in [6.07, 6.45) is 1.96. The Bertz CT molecular complexity index is 1070. The standard InChI is InChI=1S/C27H32N2O3/c1-19(23-12-6-10-21-9-4-5-11-24(21)23)28-17-7-8-20-13-15-22(16-14-20)27(2,3)26(32)29-18-25(30)31/h4-6,9-16,19,28H,7-8,17-18H2,1-3H3,(H,29,32)(H,30,31). The highest BCUT2D eigenvalue weighted by Crippen LogP contribution is 2.25. The lowest BCUT2D eigenvalue weighted by molar-refractivity contribution is -0.138. The summed E-state index contributed by atoms with van der Waals surface area (Å²) in [6, 6.07) is 23.2. The molecule has 1 amide bonds. The van der Waals surface area contributed by atoms with Crippen LogP contribution in [0.15, 0.2) is 66.7 Å². The molecule has 32 heavy (non-hydrogen) atoms. The second-order valence-corrected chi connectivity index (χ2v) is 8.75. The van der Waals surface area contributed by atoms with E-state index < -0.39 is 11.4 Å². The van der Waals surface area contributed by atoms with E-state index in [9.17, 15) is 9.59 Å². The van der Waals surface area contributed by atoms with Crippen molar-refractivity contribution in [1.82, 2.24) is 10.6 Å². The highest BCUT2D eigenvalue weighted by Gasteiger charge is 2.29. The van der Waals surface area contributed by atoms with E-state index in [4.69, 9.17) is 5.11 Å². The molecule has 0 spiro atoms. The van der Waals surface area contributed by atoms with E-state index in [0.29, 0.717) is 0 Å². The Balaban J connectivity index is 1.51. The number of amides is 1. The van der Waals surface area contributed by atoms with Crippen molar-refractivity contribution in [3.63, 3.8) is 0 Å². The van der Waals surface area contributed by atoms with Gasteiger partial charge in [-0.05, 0) is 67.6 Å². The van der Waals surface area contributed by atoms with E-state index in [0.717, 1.165) is 24.9 Å². The second-order valence-electron chi connectivity index (χ2n) is 8.75.